The summed E-state index contributed by atoms with van der Waals surface area (Å²) < 4.78 is 39.0. The van der Waals surface area contributed by atoms with E-state index in [9.17, 15) is 22.8 Å². The molecule has 0 atom stereocenters. The fraction of sp³-hybridized carbons (Fsp3) is 0.300. The van der Waals surface area contributed by atoms with Crippen molar-refractivity contribution in [3.8, 4) is 0 Å². The Balaban J connectivity index is 1.38. The lowest BCUT2D eigenvalue weighted by Crippen LogP contribution is -2.50. The van der Waals surface area contributed by atoms with Crippen molar-refractivity contribution in [2.75, 3.05) is 49.5 Å². The molecule has 1 saturated heterocycles. The Hall–Kier alpha value is -3.07. The van der Waals surface area contributed by atoms with E-state index in [-0.39, 0.29) is 30.5 Å². The number of amides is 2. The number of nitrogens with zero attached hydrogens (tertiary/aromatic N) is 2. The molecule has 1 heterocycles. The van der Waals surface area contributed by atoms with Gasteiger partial charge in [-0.3, -0.25) is 14.5 Å². The number of carbonyl (C=O) groups is 2. The molecule has 2 aromatic rings. The summed E-state index contributed by atoms with van der Waals surface area (Å²) in [5.41, 5.74) is 1.05. The van der Waals surface area contributed by atoms with E-state index in [2.05, 4.69) is 15.5 Å². The summed E-state index contributed by atoms with van der Waals surface area (Å²) in [4.78, 5) is 28.0. The van der Waals surface area contributed by atoms with Crippen molar-refractivity contribution in [2.24, 2.45) is 0 Å². The number of hydrogen-bond acceptors (Lipinski definition) is 4. The first-order valence-electron chi connectivity index (χ1n) is 9.15. The second-order valence-electron chi connectivity index (χ2n) is 6.69. The molecule has 0 saturated carbocycles. The van der Waals surface area contributed by atoms with Crippen LogP contribution in [0.15, 0.2) is 42.5 Å². The zero-order chi connectivity index (χ0) is 20.8. The van der Waals surface area contributed by atoms with Crippen LogP contribution < -0.4 is 15.5 Å². The van der Waals surface area contributed by atoms with E-state index in [1.165, 1.54) is 18.2 Å². The highest BCUT2D eigenvalue weighted by atomic mass is 19.2. The van der Waals surface area contributed by atoms with Crippen molar-refractivity contribution in [1.82, 2.24) is 10.2 Å². The molecule has 2 N–H and O–H groups in total. The van der Waals surface area contributed by atoms with Crippen molar-refractivity contribution in [2.45, 2.75) is 0 Å². The van der Waals surface area contributed by atoms with Crippen LogP contribution in [0, 0.1) is 17.5 Å². The van der Waals surface area contributed by atoms with Crippen LogP contribution in [-0.4, -0.2) is 56.0 Å². The van der Waals surface area contributed by atoms with Gasteiger partial charge in [0.05, 0.1) is 13.1 Å². The Kier molecular flexibility index (Phi) is 6.71. The molecular weight excluding hydrogens is 385 g/mol. The van der Waals surface area contributed by atoms with Gasteiger partial charge in [-0.25, -0.2) is 13.2 Å². The quantitative estimate of drug-likeness (QED) is 0.770. The van der Waals surface area contributed by atoms with Gasteiger partial charge >= 0.3 is 0 Å². The highest BCUT2D eigenvalue weighted by Crippen LogP contribution is 2.17. The average Bonchev–Trinajstić information content (AvgIpc) is 2.70. The van der Waals surface area contributed by atoms with Gasteiger partial charge in [-0.15, -0.1) is 0 Å². The molecule has 0 aromatic heterocycles. The topological polar surface area (TPSA) is 64.7 Å². The standard InChI is InChI=1S/C20H21F3N4O2/c21-14-1-4-16(5-2-14)27-9-7-26(8-10-27)13-20(29)24-12-19(28)25-15-3-6-17(22)18(23)11-15/h1-6,11H,7-10,12-13H2,(H,24,29)(H,25,28). The molecule has 2 aromatic carbocycles. The second-order valence-corrected chi connectivity index (χ2v) is 6.69. The van der Waals surface area contributed by atoms with Gasteiger partial charge in [-0.05, 0) is 36.4 Å². The van der Waals surface area contributed by atoms with Crippen molar-refractivity contribution in [3.05, 3.63) is 59.9 Å². The number of anilines is 2. The highest BCUT2D eigenvalue weighted by molar-refractivity contribution is 5.94. The molecule has 0 radical (unpaired) electrons. The maximum absolute atomic E-state index is 13.1. The fourth-order valence-electron chi connectivity index (χ4n) is 3.03. The number of nitrogens with one attached hydrogen (secondary N) is 2. The minimum Gasteiger partial charge on any atom is -0.369 e. The largest absolute Gasteiger partial charge is 0.369 e. The number of carbonyl (C=O) groups excluding carboxylic acids is 2. The van der Waals surface area contributed by atoms with E-state index < -0.39 is 17.5 Å². The lowest BCUT2D eigenvalue weighted by molar-refractivity contribution is -0.125. The van der Waals surface area contributed by atoms with Crippen LogP contribution in [0.3, 0.4) is 0 Å². The van der Waals surface area contributed by atoms with Gasteiger partial charge in [-0.1, -0.05) is 0 Å². The normalized spacial score (nSPS) is 14.5. The molecule has 6 nitrogen and oxygen atoms in total. The maximum Gasteiger partial charge on any atom is 0.243 e. The molecular formula is C20H21F3N4O2. The van der Waals surface area contributed by atoms with E-state index >= 15 is 0 Å². The molecule has 0 bridgehead atoms. The van der Waals surface area contributed by atoms with Gasteiger partial charge in [0, 0.05) is 43.6 Å². The predicted molar refractivity (Wildman–Crippen MR) is 103 cm³/mol. The molecule has 2 amide bonds. The molecule has 0 unspecified atom stereocenters. The molecule has 1 aliphatic heterocycles. The monoisotopic (exact) mass is 406 g/mol. The lowest BCUT2D eigenvalue weighted by atomic mass is 10.2. The fourth-order valence-corrected chi connectivity index (χ4v) is 3.03. The minimum absolute atomic E-state index is 0.111. The van der Waals surface area contributed by atoms with Gasteiger partial charge in [-0.2, -0.15) is 0 Å². The van der Waals surface area contributed by atoms with Crippen molar-refractivity contribution in [3.63, 3.8) is 0 Å². The van der Waals surface area contributed by atoms with E-state index in [1.54, 1.807) is 12.1 Å². The van der Waals surface area contributed by atoms with Crippen molar-refractivity contribution >= 4 is 23.2 Å². The first kappa shape index (κ1) is 20.7. The molecule has 0 aliphatic carbocycles. The maximum atomic E-state index is 13.1. The molecule has 9 heteroatoms. The lowest BCUT2D eigenvalue weighted by Gasteiger charge is -2.35. The first-order chi connectivity index (χ1) is 13.9. The van der Waals surface area contributed by atoms with Crippen LogP contribution in [0.25, 0.3) is 0 Å². The van der Waals surface area contributed by atoms with Crippen LogP contribution in [0.2, 0.25) is 0 Å². The molecule has 29 heavy (non-hydrogen) atoms. The third-order valence-corrected chi connectivity index (χ3v) is 4.58. The average molecular weight is 406 g/mol. The Morgan fingerprint density at radius 1 is 0.862 bits per heavy atom. The second kappa shape index (κ2) is 9.42. The number of hydrogen-bond donors (Lipinski definition) is 2. The van der Waals surface area contributed by atoms with Crippen LogP contribution in [0.5, 0.6) is 0 Å². The SMILES string of the molecule is O=C(CN1CCN(c2ccc(F)cc2)CC1)NCC(=O)Nc1ccc(F)c(F)c1. The summed E-state index contributed by atoms with van der Waals surface area (Å²) in [6.07, 6.45) is 0. The summed E-state index contributed by atoms with van der Waals surface area (Å²) in [6.45, 7) is 2.60. The third-order valence-electron chi connectivity index (χ3n) is 4.58. The van der Waals surface area contributed by atoms with Crippen molar-refractivity contribution in [1.29, 1.82) is 0 Å². The third kappa shape index (κ3) is 5.95. The summed E-state index contributed by atoms with van der Waals surface area (Å²) in [5, 5.41) is 4.90. The zero-order valence-corrected chi connectivity index (χ0v) is 15.6. The first-order valence-corrected chi connectivity index (χ1v) is 9.15. The Morgan fingerprint density at radius 2 is 1.55 bits per heavy atom. The number of piperazine rings is 1. The Bertz CT molecular complexity index is 869. The molecule has 0 spiro atoms. The molecule has 1 fully saturated rings. The summed E-state index contributed by atoms with van der Waals surface area (Å²) in [7, 11) is 0. The summed E-state index contributed by atoms with van der Waals surface area (Å²) in [6, 6.07) is 9.30. The van der Waals surface area contributed by atoms with E-state index in [0.29, 0.717) is 26.2 Å². The van der Waals surface area contributed by atoms with E-state index in [0.717, 1.165) is 17.8 Å². The van der Waals surface area contributed by atoms with E-state index in [4.69, 9.17) is 0 Å². The minimum atomic E-state index is -1.06. The van der Waals surface area contributed by atoms with Crippen molar-refractivity contribution < 1.29 is 22.8 Å². The summed E-state index contributed by atoms with van der Waals surface area (Å²) >= 11 is 0. The van der Waals surface area contributed by atoms with Gasteiger partial charge in [0.25, 0.3) is 0 Å². The number of benzene rings is 2. The van der Waals surface area contributed by atoms with Crippen LogP contribution in [0.4, 0.5) is 24.5 Å². The molecule has 3 rings (SSSR count). The Labute approximate surface area is 166 Å². The van der Waals surface area contributed by atoms with Crippen LogP contribution in [0.1, 0.15) is 0 Å². The van der Waals surface area contributed by atoms with Crippen LogP contribution in [-0.2, 0) is 9.59 Å². The highest BCUT2D eigenvalue weighted by Gasteiger charge is 2.19. The molecule has 154 valence electrons. The smallest absolute Gasteiger partial charge is 0.243 e. The summed E-state index contributed by atoms with van der Waals surface area (Å²) in [5.74, 6) is -3.19. The predicted octanol–water partition coefficient (Wildman–Crippen LogP) is 1.98. The zero-order valence-electron chi connectivity index (χ0n) is 15.6. The van der Waals surface area contributed by atoms with Gasteiger partial charge in [0.15, 0.2) is 11.6 Å². The molecule has 1 aliphatic rings. The van der Waals surface area contributed by atoms with Gasteiger partial charge < -0.3 is 15.5 Å². The Morgan fingerprint density at radius 3 is 2.21 bits per heavy atom. The van der Waals surface area contributed by atoms with Gasteiger partial charge in [0.1, 0.15) is 5.82 Å². The van der Waals surface area contributed by atoms with E-state index in [1.807, 2.05) is 4.90 Å². The van der Waals surface area contributed by atoms with Gasteiger partial charge in [0.2, 0.25) is 11.8 Å². The number of rotatable bonds is 6. The number of halogens is 3. The van der Waals surface area contributed by atoms with Crippen LogP contribution >= 0.6 is 0 Å².